The van der Waals surface area contributed by atoms with E-state index in [-0.39, 0.29) is 12.0 Å². The Labute approximate surface area is 202 Å². The van der Waals surface area contributed by atoms with Crippen LogP contribution >= 0.6 is 0 Å². The molecule has 0 N–H and O–H groups in total. The summed E-state index contributed by atoms with van der Waals surface area (Å²) in [5.74, 6) is 1.63. The number of hydrogen-bond acceptors (Lipinski definition) is 5. The summed E-state index contributed by atoms with van der Waals surface area (Å²) in [6, 6.07) is 12.8. The third kappa shape index (κ3) is 5.09. The van der Waals surface area contributed by atoms with Crippen LogP contribution in [0, 0.1) is 0 Å². The van der Waals surface area contributed by atoms with E-state index in [2.05, 4.69) is 29.8 Å². The molecular weight excluding hydrogens is 452 g/mol. The predicted octanol–water partition coefficient (Wildman–Crippen LogP) is 4.65. The van der Waals surface area contributed by atoms with E-state index in [9.17, 15) is 8.42 Å². The van der Waals surface area contributed by atoms with Crippen molar-refractivity contribution in [3.63, 3.8) is 0 Å². The van der Waals surface area contributed by atoms with Crippen LogP contribution in [0.5, 0.6) is 11.5 Å². The van der Waals surface area contributed by atoms with Gasteiger partial charge in [0.05, 0.1) is 23.1 Å². The quantitative estimate of drug-likeness (QED) is 0.390. The number of ether oxygens (including phenoxy) is 3. The van der Waals surface area contributed by atoms with Gasteiger partial charge in [-0.1, -0.05) is 0 Å². The molecule has 2 heterocycles. The average Bonchev–Trinajstić information content (AvgIpc) is 3.44. The lowest BCUT2D eigenvalue weighted by molar-refractivity contribution is 0.146. The van der Waals surface area contributed by atoms with Crippen molar-refractivity contribution < 1.29 is 22.6 Å². The van der Waals surface area contributed by atoms with Crippen molar-refractivity contribution in [3.05, 3.63) is 54.2 Å². The highest BCUT2D eigenvalue weighted by molar-refractivity contribution is 7.89. The Morgan fingerprint density at radius 2 is 1.79 bits per heavy atom. The van der Waals surface area contributed by atoms with Crippen LogP contribution in [0.15, 0.2) is 53.6 Å². The van der Waals surface area contributed by atoms with E-state index in [1.165, 1.54) is 5.56 Å². The molecule has 3 aromatic rings. The fourth-order valence-corrected chi connectivity index (χ4v) is 6.03. The minimum absolute atomic E-state index is 0.0417. The second kappa shape index (κ2) is 10.4. The smallest absolute Gasteiger partial charge is 0.243 e. The summed E-state index contributed by atoms with van der Waals surface area (Å²) in [6.07, 6.45) is 3.01. The molecule has 1 saturated heterocycles. The Morgan fingerprint density at radius 1 is 1.06 bits per heavy atom. The predicted molar refractivity (Wildman–Crippen MR) is 133 cm³/mol. The second-order valence-corrected chi connectivity index (χ2v) is 10.8. The molecule has 1 fully saturated rings. The number of rotatable bonds is 10. The molecule has 184 valence electrons. The number of benzene rings is 2. The summed E-state index contributed by atoms with van der Waals surface area (Å²) < 4.78 is 46.9. The zero-order chi connectivity index (χ0) is 24.3. The SMILES string of the molecule is CCn1cc(C2CCN(S(=O)(=O)c3ccc(OC(C)C)cc3)C2)c2ccc(OCCOC)cc21. The summed E-state index contributed by atoms with van der Waals surface area (Å²) in [7, 11) is -1.90. The molecule has 7 nitrogen and oxygen atoms in total. The van der Waals surface area contributed by atoms with Crippen LogP contribution in [0.4, 0.5) is 0 Å². The maximum Gasteiger partial charge on any atom is 0.243 e. The Balaban J connectivity index is 1.53. The fourth-order valence-electron chi connectivity index (χ4n) is 4.53. The van der Waals surface area contributed by atoms with Crippen molar-refractivity contribution in [2.75, 3.05) is 33.4 Å². The first kappa shape index (κ1) is 24.6. The van der Waals surface area contributed by atoms with Crippen molar-refractivity contribution in [3.8, 4) is 11.5 Å². The number of aryl methyl sites for hydroxylation is 1. The van der Waals surface area contributed by atoms with Gasteiger partial charge in [0.1, 0.15) is 18.1 Å². The lowest BCUT2D eigenvalue weighted by atomic mass is 9.98. The van der Waals surface area contributed by atoms with Gasteiger partial charge in [-0.2, -0.15) is 4.31 Å². The first-order valence-corrected chi connectivity index (χ1v) is 13.3. The summed E-state index contributed by atoms with van der Waals surface area (Å²) in [5, 5.41) is 1.15. The third-order valence-electron chi connectivity index (χ3n) is 6.21. The topological polar surface area (TPSA) is 70.0 Å². The molecule has 0 spiro atoms. The molecule has 34 heavy (non-hydrogen) atoms. The largest absolute Gasteiger partial charge is 0.491 e. The van der Waals surface area contributed by atoms with Gasteiger partial charge in [-0.25, -0.2) is 8.42 Å². The van der Waals surface area contributed by atoms with Crippen LogP contribution in [-0.4, -0.2) is 56.8 Å². The normalized spacial score (nSPS) is 17.0. The average molecular weight is 487 g/mol. The molecule has 4 rings (SSSR count). The molecule has 0 amide bonds. The Hall–Kier alpha value is -2.55. The van der Waals surface area contributed by atoms with E-state index in [0.717, 1.165) is 29.6 Å². The van der Waals surface area contributed by atoms with Crippen LogP contribution < -0.4 is 9.47 Å². The van der Waals surface area contributed by atoms with E-state index in [0.29, 0.717) is 36.9 Å². The number of hydrogen-bond donors (Lipinski definition) is 0. The zero-order valence-corrected chi connectivity index (χ0v) is 21.2. The summed E-state index contributed by atoms with van der Waals surface area (Å²) >= 11 is 0. The van der Waals surface area contributed by atoms with Gasteiger partial charge in [0.25, 0.3) is 0 Å². The van der Waals surface area contributed by atoms with Gasteiger partial charge in [-0.15, -0.1) is 0 Å². The van der Waals surface area contributed by atoms with Gasteiger partial charge in [-0.05, 0) is 69.2 Å². The fraction of sp³-hybridized carbons (Fsp3) is 0.462. The molecule has 8 heteroatoms. The number of aromatic nitrogens is 1. The van der Waals surface area contributed by atoms with Gasteiger partial charge in [0.2, 0.25) is 10.0 Å². The molecule has 1 aliphatic heterocycles. The summed E-state index contributed by atoms with van der Waals surface area (Å²) in [5.41, 5.74) is 2.30. The first-order valence-electron chi connectivity index (χ1n) is 11.8. The zero-order valence-electron chi connectivity index (χ0n) is 20.4. The van der Waals surface area contributed by atoms with Crippen molar-refractivity contribution in [2.24, 2.45) is 0 Å². The molecule has 0 bridgehead atoms. The van der Waals surface area contributed by atoms with Crippen LogP contribution in [-0.2, 0) is 21.3 Å². The van der Waals surface area contributed by atoms with Crippen LogP contribution in [0.2, 0.25) is 0 Å². The monoisotopic (exact) mass is 486 g/mol. The third-order valence-corrected chi connectivity index (χ3v) is 8.08. The van der Waals surface area contributed by atoms with Gasteiger partial charge in [-0.3, -0.25) is 0 Å². The standard InChI is InChI=1S/C26H34N2O5S/c1-5-27-18-25(24-11-8-22(16-26(24)27)32-15-14-31-4)20-12-13-28(17-20)34(29,30)23-9-6-21(7-10-23)33-19(2)3/h6-11,16,18-20H,5,12-15,17H2,1-4H3. The molecule has 1 aromatic heterocycles. The molecule has 0 saturated carbocycles. The number of methoxy groups -OCH3 is 1. The Bertz CT molecular complexity index is 1220. The van der Waals surface area contributed by atoms with Gasteiger partial charge < -0.3 is 18.8 Å². The second-order valence-electron chi connectivity index (χ2n) is 8.88. The molecule has 0 aliphatic carbocycles. The summed E-state index contributed by atoms with van der Waals surface area (Å²) in [6.45, 7) is 8.85. The van der Waals surface area contributed by atoms with Gasteiger partial charge >= 0.3 is 0 Å². The lowest BCUT2D eigenvalue weighted by Gasteiger charge is -2.17. The van der Waals surface area contributed by atoms with Crippen molar-refractivity contribution in [2.45, 2.75) is 50.7 Å². The van der Waals surface area contributed by atoms with E-state index < -0.39 is 10.0 Å². The number of nitrogens with zero attached hydrogens (tertiary/aromatic N) is 2. The van der Waals surface area contributed by atoms with E-state index in [1.807, 2.05) is 19.9 Å². The van der Waals surface area contributed by atoms with Crippen molar-refractivity contribution in [1.29, 1.82) is 0 Å². The molecular formula is C26H34N2O5S. The van der Waals surface area contributed by atoms with Crippen LogP contribution in [0.1, 0.15) is 38.7 Å². The Morgan fingerprint density at radius 3 is 2.47 bits per heavy atom. The number of sulfonamides is 1. The maximum atomic E-state index is 13.3. The maximum absolute atomic E-state index is 13.3. The Kier molecular flexibility index (Phi) is 7.50. The lowest BCUT2D eigenvalue weighted by Crippen LogP contribution is -2.28. The van der Waals surface area contributed by atoms with Crippen LogP contribution in [0.25, 0.3) is 10.9 Å². The minimum Gasteiger partial charge on any atom is -0.491 e. The first-order chi connectivity index (χ1) is 16.3. The minimum atomic E-state index is -3.56. The highest BCUT2D eigenvalue weighted by atomic mass is 32.2. The molecule has 2 aromatic carbocycles. The molecule has 1 aliphatic rings. The summed E-state index contributed by atoms with van der Waals surface area (Å²) in [4.78, 5) is 0.304. The highest BCUT2D eigenvalue weighted by Gasteiger charge is 2.34. The van der Waals surface area contributed by atoms with Crippen molar-refractivity contribution in [1.82, 2.24) is 8.87 Å². The van der Waals surface area contributed by atoms with Crippen LogP contribution in [0.3, 0.4) is 0 Å². The molecule has 1 atom stereocenters. The van der Waals surface area contributed by atoms with Crippen molar-refractivity contribution >= 4 is 20.9 Å². The van der Waals surface area contributed by atoms with E-state index in [4.69, 9.17) is 14.2 Å². The highest BCUT2D eigenvalue weighted by Crippen LogP contribution is 2.37. The van der Waals surface area contributed by atoms with Gasteiger partial charge in [0, 0.05) is 50.3 Å². The van der Waals surface area contributed by atoms with E-state index in [1.54, 1.807) is 35.7 Å². The number of fused-ring (bicyclic) bond motifs is 1. The molecule has 0 radical (unpaired) electrons. The van der Waals surface area contributed by atoms with Gasteiger partial charge in [0.15, 0.2) is 0 Å². The molecule has 1 unspecified atom stereocenters. The van der Waals surface area contributed by atoms with E-state index >= 15 is 0 Å².